The summed E-state index contributed by atoms with van der Waals surface area (Å²) in [6.07, 6.45) is 0. The van der Waals surface area contributed by atoms with Crippen LogP contribution < -0.4 is 5.32 Å². The van der Waals surface area contributed by atoms with E-state index >= 15 is 0 Å². The standard InChI is InChI=1S/C15H15ClN2O/c1-11-4-2-7-14(18-11)10-17-15(19)13-6-3-5-12(8-13)9-16/h2-8H,9-10H2,1H3,(H,17,19). The average Bonchev–Trinajstić information content (AvgIpc) is 2.45. The Kier molecular flexibility index (Phi) is 4.53. The molecule has 98 valence electrons. The van der Waals surface area contributed by atoms with Crippen molar-refractivity contribution in [2.75, 3.05) is 0 Å². The molecular formula is C15H15ClN2O. The van der Waals surface area contributed by atoms with Gasteiger partial charge in [0, 0.05) is 17.1 Å². The van der Waals surface area contributed by atoms with Crippen molar-refractivity contribution in [2.24, 2.45) is 0 Å². The summed E-state index contributed by atoms with van der Waals surface area (Å²) >= 11 is 5.75. The maximum absolute atomic E-state index is 12.0. The summed E-state index contributed by atoms with van der Waals surface area (Å²) < 4.78 is 0. The fourth-order valence-corrected chi connectivity index (χ4v) is 1.93. The molecule has 0 radical (unpaired) electrons. The second kappa shape index (κ2) is 6.34. The van der Waals surface area contributed by atoms with E-state index in [0.29, 0.717) is 18.0 Å². The van der Waals surface area contributed by atoms with Gasteiger partial charge in [0.1, 0.15) is 0 Å². The highest BCUT2D eigenvalue weighted by Crippen LogP contribution is 2.08. The Hall–Kier alpha value is -1.87. The molecule has 0 saturated heterocycles. The third-order valence-electron chi connectivity index (χ3n) is 2.72. The summed E-state index contributed by atoms with van der Waals surface area (Å²) in [5.74, 6) is 0.288. The molecule has 1 aromatic carbocycles. The van der Waals surface area contributed by atoms with E-state index in [0.717, 1.165) is 17.0 Å². The van der Waals surface area contributed by atoms with Gasteiger partial charge in [0.25, 0.3) is 5.91 Å². The SMILES string of the molecule is Cc1cccc(CNC(=O)c2cccc(CCl)c2)n1. The normalized spacial score (nSPS) is 10.2. The Balaban J connectivity index is 2.01. The van der Waals surface area contributed by atoms with Crippen LogP contribution in [-0.4, -0.2) is 10.9 Å². The minimum Gasteiger partial charge on any atom is -0.346 e. The molecule has 1 heterocycles. The summed E-state index contributed by atoms with van der Waals surface area (Å²) in [5, 5.41) is 2.85. The Morgan fingerprint density at radius 1 is 1.26 bits per heavy atom. The zero-order valence-corrected chi connectivity index (χ0v) is 11.4. The summed E-state index contributed by atoms with van der Waals surface area (Å²) in [6, 6.07) is 13.0. The van der Waals surface area contributed by atoms with Gasteiger partial charge in [-0.3, -0.25) is 9.78 Å². The van der Waals surface area contributed by atoms with Crippen LogP contribution in [0.5, 0.6) is 0 Å². The Morgan fingerprint density at radius 2 is 2.05 bits per heavy atom. The summed E-state index contributed by atoms with van der Waals surface area (Å²) in [5.41, 5.74) is 3.34. The van der Waals surface area contributed by atoms with Crippen molar-refractivity contribution < 1.29 is 4.79 Å². The molecule has 0 atom stereocenters. The molecule has 0 unspecified atom stereocenters. The zero-order chi connectivity index (χ0) is 13.7. The lowest BCUT2D eigenvalue weighted by Gasteiger charge is -2.06. The zero-order valence-electron chi connectivity index (χ0n) is 10.7. The fraction of sp³-hybridized carbons (Fsp3) is 0.200. The lowest BCUT2D eigenvalue weighted by Crippen LogP contribution is -2.23. The summed E-state index contributed by atoms with van der Waals surface area (Å²) in [6.45, 7) is 2.35. The van der Waals surface area contributed by atoms with Crippen molar-refractivity contribution in [1.29, 1.82) is 0 Å². The predicted molar refractivity (Wildman–Crippen MR) is 76.1 cm³/mol. The number of hydrogen-bond acceptors (Lipinski definition) is 2. The number of amides is 1. The van der Waals surface area contributed by atoms with E-state index in [1.807, 2.05) is 37.3 Å². The molecule has 0 aliphatic carbocycles. The molecule has 2 aromatic rings. The number of nitrogens with one attached hydrogen (secondary N) is 1. The van der Waals surface area contributed by atoms with Crippen LogP contribution in [0.15, 0.2) is 42.5 Å². The van der Waals surface area contributed by atoms with Gasteiger partial charge in [-0.05, 0) is 36.8 Å². The first-order valence-electron chi connectivity index (χ1n) is 6.04. The maximum atomic E-state index is 12.0. The lowest BCUT2D eigenvalue weighted by molar-refractivity contribution is 0.0950. The van der Waals surface area contributed by atoms with Crippen LogP contribution in [0.3, 0.4) is 0 Å². The predicted octanol–water partition coefficient (Wildman–Crippen LogP) is 3.06. The van der Waals surface area contributed by atoms with Crippen LogP contribution in [-0.2, 0) is 12.4 Å². The molecule has 0 bridgehead atoms. The lowest BCUT2D eigenvalue weighted by atomic mass is 10.1. The topological polar surface area (TPSA) is 42.0 Å². The van der Waals surface area contributed by atoms with Crippen LogP contribution in [0.4, 0.5) is 0 Å². The number of carbonyl (C=O) groups excluding carboxylic acids is 1. The van der Waals surface area contributed by atoms with Gasteiger partial charge in [-0.25, -0.2) is 0 Å². The highest BCUT2D eigenvalue weighted by Gasteiger charge is 2.06. The second-order valence-electron chi connectivity index (χ2n) is 4.29. The van der Waals surface area contributed by atoms with Crippen molar-refractivity contribution in [3.8, 4) is 0 Å². The number of benzene rings is 1. The van der Waals surface area contributed by atoms with Gasteiger partial charge >= 0.3 is 0 Å². The van der Waals surface area contributed by atoms with Crippen molar-refractivity contribution in [3.63, 3.8) is 0 Å². The van der Waals surface area contributed by atoms with E-state index in [1.54, 1.807) is 12.1 Å². The molecule has 0 aliphatic rings. The monoisotopic (exact) mass is 274 g/mol. The first-order valence-corrected chi connectivity index (χ1v) is 6.58. The van der Waals surface area contributed by atoms with Crippen LogP contribution in [0.25, 0.3) is 0 Å². The Bertz CT molecular complexity index is 584. The first kappa shape index (κ1) is 13.6. The van der Waals surface area contributed by atoms with E-state index in [4.69, 9.17) is 11.6 Å². The van der Waals surface area contributed by atoms with Crippen molar-refractivity contribution >= 4 is 17.5 Å². The summed E-state index contributed by atoms with van der Waals surface area (Å²) in [7, 11) is 0. The number of alkyl halides is 1. The molecule has 2 rings (SSSR count). The highest BCUT2D eigenvalue weighted by molar-refractivity contribution is 6.17. The van der Waals surface area contributed by atoms with Crippen molar-refractivity contribution in [2.45, 2.75) is 19.3 Å². The largest absolute Gasteiger partial charge is 0.346 e. The van der Waals surface area contributed by atoms with Gasteiger partial charge in [0.05, 0.1) is 12.2 Å². The van der Waals surface area contributed by atoms with E-state index in [9.17, 15) is 4.79 Å². The smallest absolute Gasteiger partial charge is 0.251 e. The molecule has 1 N–H and O–H groups in total. The molecule has 4 heteroatoms. The van der Waals surface area contributed by atoms with E-state index < -0.39 is 0 Å². The Labute approximate surface area is 117 Å². The number of rotatable bonds is 4. The number of pyridine rings is 1. The molecule has 1 aromatic heterocycles. The van der Waals surface area contributed by atoms with Gasteiger partial charge in [-0.1, -0.05) is 18.2 Å². The van der Waals surface area contributed by atoms with Gasteiger partial charge in [-0.15, -0.1) is 11.6 Å². The second-order valence-corrected chi connectivity index (χ2v) is 4.55. The maximum Gasteiger partial charge on any atom is 0.251 e. The van der Waals surface area contributed by atoms with Gasteiger partial charge < -0.3 is 5.32 Å². The number of aromatic nitrogens is 1. The minimum absolute atomic E-state index is 0.115. The number of aryl methyl sites for hydroxylation is 1. The molecule has 3 nitrogen and oxygen atoms in total. The molecule has 0 spiro atoms. The number of carbonyl (C=O) groups is 1. The molecule has 1 amide bonds. The number of nitrogens with zero attached hydrogens (tertiary/aromatic N) is 1. The average molecular weight is 275 g/mol. The van der Waals surface area contributed by atoms with E-state index in [1.165, 1.54) is 0 Å². The van der Waals surface area contributed by atoms with Gasteiger partial charge in [-0.2, -0.15) is 0 Å². The van der Waals surface area contributed by atoms with Crippen LogP contribution in [0.2, 0.25) is 0 Å². The van der Waals surface area contributed by atoms with Gasteiger partial charge in [0.15, 0.2) is 0 Å². The van der Waals surface area contributed by atoms with E-state index in [2.05, 4.69) is 10.3 Å². The quantitative estimate of drug-likeness (QED) is 0.871. The Morgan fingerprint density at radius 3 is 2.79 bits per heavy atom. The van der Waals surface area contributed by atoms with Crippen molar-refractivity contribution in [3.05, 3.63) is 65.0 Å². The first-order chi connectivity index (χ1) is 9.19. The third-order valence-corrected chi connectivity index (χ3v) is 3.03. The number of halogens is 1. The van der Waals surface area contributed by atoms with Crippen LogP contribution in [0.1, 0.15) is 27.3 Å². The summed E-state index contributed by atoms with van der Waals surface area (Å²) in [4.78, 5) is 16.3. The fourth-order valence-electron chi connectivity index (χ4n) is 1.77. The van der Waals surface area contributed by atoms with Crippen molar-refractivity contribution in [1.82, 2.24) is 10.3 Å². The molecular weight excluding hydrogens is 260 g/mol. The van der Waals surface area contributed by atoms with Gasteiger partial charge in [0.2, 0.25) is 0 Å². The molecule has 0 fully saturated rings. The molecule has 0 aliphatic heterocycles. The highest BCUT2D eigenvalue weighted by atomic mass is 35.5. The van der Waals surface area contributed by atoms with Crippen LogP contribution >= 0.6 is 11.6 Å². The van der Waals surface area contributed by atoms with Crippen LogP contribution in [0, 0.1) is 6.92 Å². The molecule has 0 saturated carbocycles. The third kappa shape index (κ3) is 3.80. The minimum atomic E-state index is -0.115. The number of hydrogen-bond donors (Lipinski definition) is 1. The molecule has 19 heavy (non-hydrogen) atoms. The van der Waals surface area contributed by atoms with E-state index in [-0.39, 0.29) is 5.91 Å².